The van der Waals surface area contributed by atoms with Crippen LogP contribution in [0.25, 0.3) is 10.1 Å². The summed E-state index contributed by atoms with van der Waals surface area (Å²) in [5.41, 5.74) is 0. The first-order valence-corrected chi connectivity index (χ1v) is 5.03. The summed E-state index contributed by atoms with van der Waals surface area (Å²) in [5.74, 6) is 0.672. The molecule has 13 heavy (non-hydrogen) atoms. The van der Waals surface area contributed by atoms with Gasteiger partial charge in [0, 0.05) is 10.3 Å². The van der Waals surface area contributed by atoms with Crippen LogP contribution in [0.3, 0.4) is 0 Å². The van der Waals surface area contributed by atoms with Crippen molar-refractivity contribution in [1.29, 1.82) is 0 Å². The molecule has 0 aliphatic heterocycles. The first kappa shape index (κ1) is 8.72. The number of rotatable bonds is 1. The van der Waals surface area contributed by atoms with E-state index in [0.29, 0.717) is 5.75 Å². The van der Waals surface area contributed by atoms with E-state index in [2.05, 4.69) is 12.6 Å². The molecule has 1 aromatic carbocycles. The number of hydrogen-bond donors (Lipinski definition) is 2. The van der Waals surface area contributed by atoms with Gasteiger partial charge in [0.05, 0.1) is 11.8 Å². The lowest BCUT2D eigenvalue weighted by atomic mass is 10.2. The summed E-state index contributed by atoms with van der Waals surface area (Å²) < 4.78 is 5.83. The van der Waals surface area contributed by atoms with Crippen LogP contribution in [-0.2, 0) is 0 Å². The van der Waals surface area contributed by atoms with E-state index in [-0.39, 0.29) is 5.75 Å². The number of fused-ring (bicyclic) bond motifs is 1. The summed E-state index contributed by atoms with van der Waals surface area (Å²) in [5, 5.41) is 12.6. The van der Waals surface area contributed by atoms with Gasteiger partial charge >= 0.3 is 0 Å². The number of phenols is 1. The van der Waals surface area contributed by atoms with E-state index in [1.165, 1.54) is 18.4 Å². The van der Waals surface area contributed by atoms with E-state index in [0.717, 1.165) is 15.0 Å². The Morgan fingerprint density at radius 3 is 3.00 bits per heavy atom. The molecule has 0 saturated carbocycles. The van der Waals surface area contributed by atoms with Crippen molar-refractivity contribution in [2.75, 3.05) is 7.11 Å². The fourth-order valence-corrected chi connectivity index (χ4v) is 2.47. The Morgan fingerprint density at radius 1 is 1.54 bits per heavy atom. The van der Waals surface area contributed by atoms with Gasteiger partial charge in [-0.3, -0.25) is 0 Å². The normalized spacial score (nSPS) is 10.6. The van der Waals surface area contributed by atoms with Crippen molar-refractivity contribution in [2.24, 2.45) is 0 Å². The molecule has 2 aromatic rings. The number of aromatic hydroxyl groups is 1. The first-order valence-electron chi connectivity index (χ1n) is 3.70. The van der Waals surface area contributed by atoms with Crippen LogP contribution in [-0.4, -0.2) is 12.2 Å². The van der Waals surface area contributed by atoms with Gasteiger partial charge in [-0.2, -0.15) is 0 Å². The molecule has 0 fully saturated rings. The molecule has 0 aliphatic carbocycles. The molecule has 1 N–H and O–H groups in total. The molecule has 1 heterocycles. The van der Waals surface area contributed by atoms with Crippen molar-refractivity contribution in [3.63, 3.8) is 0 Å². The highest BCUT2D eigenvalue weighted by atomic mass is 32.1. The fourth-order valence-electron chi connectivity index (χ4n) is 1.23. The fraction of sp³-hybridized carbons (Fsp3) is 0.111. The third kappa shape index (κ3) is 1.26. The van der Waals surface area contributed by atoms with Gasteiger partial charge in [-0.25, -0.2) is 0 Å². The zero-order chi connectivity index (χ0) is 9.42. The maximum atomic E-state index is 9.71. The molecule has 68 valence electrons. The van der Waals surface area contributed by atoms with Crippen LogP contribution < -0.4 is 4.74 Å². The van der Waals surface area contributed by atoms with Crippen LogP contribution in [0, 0.1) is 0 Å². The van der Waals surface area contributed by atoms with E-state index < -0.39 is 0 Å². The Labute approximate surface area is 85.2 Å². The Kier molecular flexibility index (Phi) is 2.09. The number of ether oxygens (including phenoxy) is 1. The molecule has 0 spiro atoms. The molecule has 4 heteroatoms. The van der Waals surface area contributed by atoms with E-state index in [9.17, 15) is 5.11 Å². The van der Waals surface area contributed by atoms with Crippen molar-refractivity contribution >= 4 is 34.1 Å². The van der Waals surface area contributed by atoms with Crippen LogP contribution in [0.15, 0.2) is 22.4 Å². The molecular weight excluding hydrogens is 204 g/mol. The maximum absolute atomic E-state index is 9.71. The summed E-state index contributed by atoms with van der Waals surface area (Å²) >= 11 is 5.78. The zero-order valence-corrected chi connectivity index (χ0v) is 8.65. The topological polar surface area (TPSA) is 29.5 Å². The molecule has 0 radical (unpaired) electrons. The van der Waals surface area contributed by atoms with Crippen LogP contribution in [0.5, 0.6) is 11.5 Å². The summed E-state index contributed by atoms with van der Waals surface area (Å²) in [7, 11) is 1.53. The number of methoxy groups -OCH3 is 1. The second-order valence-corrected chi connectivity index (χ2v) is 4.01. The summed E-state index contributed by atoms with van der Waals surface area (Å²) in [6, 6.07) is 3.65. The third-order valence-electron chi connectivity index (χ3n) is 1.88. The molecule has 0 unspecified atom stereocenters. The van der Waals surface area contributed by atoms with Crippen LogP contribution in [0.2, 0.25) is 0 Å². The van der Waals surface area contributed by atoms with E-state index in [4.69, 9.17) is 4.74 Å². The highest BCUT2D eigenvalue weighted by Gasteiger charge is 2.10. The minimum Gasteiger partial charge on any atom is -0.503 e. The summed E-state index contributed by atoms with van der Waals surface area (Å²) in [4.78, 5) is 0.825. The third-order valence-corrected chi connectivity index (χ3v) is 3.17. The Bertz CT molecular complexity index is 448. The molecule has 1 aromatic heterocycles. The molecule has 2 rings (SSSR count). The Balaban J connectivity index is 2.85. The molecule has 0 amide bonds. The number of thiophene rings is 1. The average molecular weight is 212 g/mol. The van der Waals surface area contributed by atoms with Crippen molar-refractivity contribution in [2.45, 2.75) is 4.90 Å². The number of benzene rings is 1. The predicted octanol–water partition coefficient (Wildman–Crippen LogP) is 2.90. The molecule has 0 atom stereocenters. The van der Waals surface area contributed by atoms with Gasteiger partial charge in [-0.15, -0.1) is 24.0 Å². The minimum absolute atomic E-state index is 0.199. The summed E-state index contributed by atoms with van der Waals surface area (Å²) in [6.07, 6.45) is 0. The Morgan fingerprint density at radius 2 is 2.31 bits per heavy atom. The molecule has 0 bridgehead atoms. The highest BCUT2D eigenvalue weighted by molar-refractivity contribution is 7.80. The number of hydrogen-bond acceptors (Lipinski definition) is 4. The summed E-state index contributed by atoms with van der Waals surface area (Å²) in [6.45, 7) is 0. The van der Waals surface area contributed by atoms with E-state index in [1.807, 2.05) is 11.4 Å². The van der Waals surface area contributed by atoms with Gasteiger partial charge in [-0.05, 0) is 17.5 Å². The second-order valence-electron chi connectivity index (χ2n) is 2.61. The number of phenolic OH excluding ortho intramolecular Hbond substituents is 1. The van der Waals surface area contributed by atoms with E-state index >= 15 is 0 Å². The quantitative estimate of drug-likeness (QED) is 0.712. The SMILES string of the molecule is COc1cc(S)c2ccsc2c1O. The zero-order valence-electron chi connectivity index (χ0n) is 6.94. The average Bonchev–Trinajstić information content (AvgIpc) is 2.60. The van der Waals surface area contributed by atoms with Gasteiger partial charge in [-0.1, -0.05) is 0 Å². The highest BCUT2D eigenvalue weighted by Crippen LogP contribution is 2.41. The predicted molar refractivity (Wildman–Crippen MR) is 57.3 cm³/mol. The second kappa shape index (κ2) is 3.12. The lowest BCUT2D eigenvalue weighted by molar-refractivity contribution is 0.376. The monoisotopic (exact) mass is 212 g/mol. The lowest BCUT2D eigenvalue weighted by Gasteiger charge is -2.05. The standard InChI is InChI=1S/C9H8O2S2/c1-11-6-4-7(12)5-2-3-13-9(5)8(6)10/h2-4,10,12H,1H3. The van der Waals surface area contributed by atoms with Gasteiger partial charge in [0.15, 0.2) is 11.5 Å². The maximum Gasteiger partial charge on any atom is 0.175 e. The van der Waals surface area contributed by atoms with Gasteiger partial charge in [0.25, 0.3) is 0 Å². The van der Waals surface area contributed by atoms with Gasteiger partial charge < -0.3 is 9.84 Å². The smallest absolute Gasteiger partial charge is 0.175 e. The molecule has 0 saturated heterocycles. The van der Waals surface area contributed by atoms with Crippen molar-refractivity contribution in [3.05, 3.63) is 17.5 Å². The van der Waals surface area contributed by atoms with E-state index in [1.54, 1.807) is 6.07 Å². The molecular formula is C9H8O2S2. The Hall–Kier alpha value is -0.870. The lowest BCUT2D eigenvalue weighted by Crippen LogP contribution is -1.83. The van der Waals surface area contributed by atoms with Crippen LogP contribution in [0.4, 0.5) is 0 Å². The van der Waals surface area contributed by atoms with Crippen LogP contribution in [0.1, 0.15) is 0 Å². The minimum atomic E-state index is 0.199. The van der Waals surface area contributed by atoms with Crippen molar-refractivity contribution in [1.82, 2.24) is 0 Å². The van der Waals surface area contributed by atoms with Crippen molar-refractivity contribution < 1.29 is 9.84 Å². The van der Waals surface area contributed by atoms with Crippen LogP contribution >= 0.6 is 24.0 Å². The first-order chi connectivity index (χ1) is 6.24. The van der Waals surface area contributed by atoms with Crippen molar-refractivity contribution in [3.8, 4) is 11.5 Å². The molecule has 0 aliphatic rings. The largest absolute Gasteiger partial charge is 0.503 e. The molecule has 2 nitrogen and oxygen atoms in total. The number of thiol groups is 1. The van der Waals surface area contributed by atoms with Gasteiger partial charge in [0.2, 0.25) is 0 Å². The van der Waals surface area contributed by atoms with Gasteiger partial charge in [0.1, 0.15) is 0 Å².